The van der Waals surface area contributed by atoms with Crippen LogP contribution < -0.4 is 5.32 Å². The van der Waals surface area contributed by atoms with Crippen LogP contribution in [0.5, 0.6) is 0 Å². The summed E-state index contributed by atoms with van der Waals surface area (Å²) >= 11 is 0. The Labute approximate surface area is 97.7 Å². The van der Waals surface area contributed by atoms with Crippen LogP contribution in [0.15, 0.2) is 0 Å². The average molecular weight is 229 g/mol. The van der Waals surface area contributed by atoms with Crippen molar-refractivity contribution in [2.75, 3.05) is 7.11 Å². The number of hydrogen-bond donors (Lipinski definition) is 1. The largest absolute Gasteiger partial charge is 0.467 e. The minimum Gasteiger partial charge on any atom is -0.467 e. The second-order valence-corrected chi connectivity index (χ2v) is 4.23. The Hall–Kier alpha value is -1.06. The first kappa shape index (κ1) is 14.9. The lowest BCUT2D eigenvalue weighted by Crippen LogP contribution is -2.52. The standard InChI is InChI=1S/C12H23NO3/c1-5-7-8-10(14)13-12(3,9-6-2)11(15)16-4/h5-9H2,1-4H3,(H,13,14). The van der Waals surface area contributed by atoms with E-state index in [1.807, 2.05) is 13.8 Å². The average Bonchev–Trinajstić information content (AvgIpc) is 2.25. The minimum atomic E-state index is -0.881. The molecule has 1 atom stereocenters. The summed E-state index contributed by atoms with van der Waals surface area (Å²) in [6, 6.07) is 0. The molecule has 0 aromatic rings. The molecular weight excluding hydrogens is 206 g/mol. The number of methoxy groups -OCH3 is 1. The predicted octanol–water partition coefficient (Wildman–Crippen LogP) is 2.02. The van der Waals surface area contributed by atoms with Crippen molar-refractivity contribution in [3.05, 3.63) is 0 Å². The van der Waals surface area contributed by atoms with E-state index in [0.717, 1.165) is 19.3 Å². The van der Waals surface area contributed by atoms with Gasteiger partial charge in [0.15, 0.2) is 0 Å². The Morgan fingerprint density at radius 2 is 1.88 bits per heavy atom. The van der Waals surface area contributed by atoms with Gasteiger partial charge in [-0.2, -0.15) is 0 Å². The van der Waals surface area contributed by atoms with E-state index < -0.39 is 5.54 Å². The van der Waals surface area contributed by atoms with Gasteiger partial charge in [-0.25, -0.2) is 4.79 Å². The van der Waals surface area contributed by atoms with Crippen molar-refractivity contribution in [3.63, 3.8) is 0 Å². The van der Waals surface area contributed by atoms with Gasteiger partial charge >= 0.3 is 5.97 Å². The lowest BCUT2D eigenvalue weighted by atomic mass is 9.96. The maximum Gasteiger partial charge on any atom is 0.331 e. The van der Waals surface area contributed by atoms with Crippen LogP contribution in [0.2, 0.25) is 0 Å². The Morgan fingerprint density at radius 3 is 2.31 bits per heavy atom. The number of carbonyl (C=O) groups is 2. The topological polar surface area (TPSA) is 55.4 Å². The van der Waals surface area contributed by atoms with Crippen molar-refractivity contribution < 1.29 is 14.3 Å². The third kappa shape index (κ3) is 4.64. The van der Waals surface area contributed by atoms with E-state index >= 15 is 0 Å². The Morgan fingerprint density at radius 1 is 1.25 bits per heavy atom. The molecule has 0 aromatic carbocycles. The van der Waals surface area contributed by atoms with Gasteiger partial charge < -0.3 is 10.1 Å². The predicted molar refractivity (Wildman–Crippen MR) is 63.0 cm³/mol. The third-order valence-electron chi connectivity index (χ3n) is 2.56. The summed E-state index contributed by atoms with van der Waals surface area (Å²) < 4.78 is 4.72. The summed E-state index contributed by atoms with van der Waals surface area (Å²) in [7, 11) is 1.34. The molecule has 0 heterocycles. The summed E-state index contributed by atoms with van der Waals surface area (Å²) in [5, 5.41) is 2.77. The number of hydrogen-bond acceptors (Lipinski definition) is 3. The summed E-state index contributed by atoms with van der Waals surface area (Å²) in [5.74, 6) is -0.456. The molecule has 0 aromatic heterocycles. The molecule has 4 heteroatoms. The molecule has 1 amide bonds. The van der Waals surface area contributed by atoms with Crippen molar-refractivity contribution in [2.24, 2.45) is 0 Å². The van der Waals surface area contributed by atoms with Crippen LogP contribution in [0.25, 0.3) is 0 Å². The molecule has 1 unspecified atom stereocenters. The van der Waals surface area contributed by atoms with E-state index in [4.69, 9.17) is 4.74 Å². The van der Waals surface area contributed by atoms with Gasteiger partial charge in [0.2, 0.25) is 5.91 Å². The number of ether oxygens (including phenoxy) is 1. The lowest BCUT2D eigenvalue weighted by molar-refractivity contribution is -0.150. The number of amides is 1. The van der Waals surface area contributed by atoms with Crippen molar-refractivity contribution in [2.45, 2.75) is 58.4 Å². The van der Waals surface area contributed by atoms with Crippen LogP contribution in [-0.2, 0) is 14.3 Å². The molecule has 4 nitrogen and oxygen atoms in total. The zero-order chi connectivity index (χ0) is 12.6. The molecule has 1 N–H and O–H groups in total. The van der Waals surface area contributed by atoms with Gasteiger partial charge in [0, 0.05) is 6.42 Å². The van der Waals surface area contributed by atoms with E-state index in [2.05, 4.69) is 5.32 Å². The molecule has 0 aliphatic carbocycles. The molecule has 0 saturated heterocycles. The van der Waals surface area contributed by atoms with Gasteiger partial charge in [0.25, 0.3) is 0 Å². The lowest BCUT2D eigenvalue weighted by Gasteiger charge is -2.27. The van der Waals surface area contributed by atoms with E-state index in [1.165, 1.54) is 7.11 Å². The monoisotopic (exact) mass is 229 g/mol. The highest BCUT2D eigenvalue weighted by atomic mass is 16.5. The molecular formula is C12H23NO3. The minimum absolute atomic E-state index is 0.0804. The first-order valence-corrected chi connectivity index (χ1v) is 5.89. The van der Waals surface area contributed by atoms with Gasteiger partial charge in [0.05, 0.1) is 7.11 Å². The molecule has 0 aliphatic rings. The smallest absolute Gasteiger partial charge is 0.331 e. The van der Waals surface area contributed by atoms with Gasteiger partial charge in [-0.05, 0) is 19.8 Å². The number of rotatable bonds is 7. The van der Waals surface area contributed by atoms with E-state index in [1.54, 1.807) is 6.92 Å². The molecule has 94 valence electrons. The first-order valence-electron chi connectivity index (χ1n) is 5.89. The maximum atomic E-state index is 11.6. The molecule has 0 saturated carbocycles. The Bertz CT molecular complexity index is 240. The highest BCUT2D eigenvalue weighted by molar-refractivity contribution is 5.87. The fourth-order valence-corrected chi connectivity index (χ4v) is 1.65. The van der Waals surface area contributed by atoms with E-state index in [-0.39, 0.29) is 11.9 Å². The molecule has 0 spiro atoms. The zero-order valence-electron chi connectivity index (χ0n) is 10.8. The quantitative estimate of drug-likeness (QED) is 0.679. The SMILES string of the molecule is CCCCC(=O)NC(C)(CCC)C(=O)OC. The third-order valence-corrected chi connectivity index (χ3v) is 2.56. The molecule has 0 radical (unpaired) electrons. The molecule has 0 fully saturated rings. The Kier molecular flexibility index (Phi) is 6.77. The van der Waals surface area contributed by atoms with Crippen molar-refractivity contribution in [3.8, 4) is 0 Å². The number of nitrogens with one attached hydrogen (secondary N) is 1. The van der Waals surface area contributed by atoms with Crippen LogP contribution in [0.1, 0.15) is 52.9 Å². The van der Waals surface area contributed by atoms with Gasteiger partial charge in [-0.15, -0.1) is 0 Å². The van der Waals surface area contributed by atoms with Crippen molar-refractivity contribution in [1.82, 2.24) is 5.32 Å². The van der Waals surface area contributed by atoms with Crippen LogP contribution in [0, 0.1) is 0 Å². The molecule has 0 bridgehead atoms. The van der Waals surface area contributed by atoms with Crippen molar-refractivity contribution in [1.29, 1.82) is 0 Å². The van der Waals surface area contributed by atoms with E-state index in [0.29, 0.717) is 12.8 Å². The van der Waals surface area contributed by atoms with Gasteiger partial charge in [0.1, 0.15) is 5.54 Å². The normalized spacial score (nSPS) is 14.0. The summed E-state index contributed by atoms with van der Waals surface area (Å²) in [6.45, 7) is 5.71. The van der Waals surface area contributed by atoms with E-state index in [9.17, 15) is 9.59 Å². The highest BCUT2D eigenvalue weighted by Gasteiger charge is 2.34. The number of esters is 1. The molecule has 16 heavy (non-hydrogen) atoms. The summed E-state index contributed by atoms with van der Waals surface area (Å²) in [6.07, 6.45) is 3.69. The highest BCUT2D eigenvalue weighted by Crippen LogP contribution is 2.14. The van der Waals surface area contributed by atoms with Crippen LogP contribution in [-0.4, -0.2) is 24.5 Å². The summed E-state index contributed by atoms with van der Waals surface area (Å²) in [4.78, 5) is 23.2. The fraction of sp³-hybridized carbons (Fsp3) is 0.833. The summed E-state index contributed by atoms with van der Waals surface area (Å²) in [5.41, 5.74) is -0.881. The van der Waals surface area contributed by atoms with Crippen molar-refractivity contribution >= 4 is 11.9 Å². The maximum absolute atomic E-state index is 11.6. The molecule has 0 rings (SSSR count). The number of carbonyl (C=O) groups excluding carboxylic acids is 2. The second kappa shape index (κ2) is 7.25. The van der Waals surface area contributed by atoms with Crippen LogP contribution in [0.3, 0.4) is 0 Å². The van der Waals surface area contributed by atoms with Gasteiger partial charge in [-0.3, -0.25) is 4.79 Å². The Balaban J connectivity index is 4.42. The fourth-order valence-electron chi connectivity index (χ4n) is 1.65. The zero-order valence-corrected chi connectivity index (χ0v) is 10.8. The second-order valence-electron chi connectivity index (χ2n) is 4.23. The number of unbranched alkanes of at least 4 members (excludes halogenated alkanes) is 1. The van der Waals surface area contributed by atoms with Gasteiger partial charge in [-0.1, -0.05) is 26.7 Å². The molecule has 0 aliphatic heterocycles. The first-order chi connectivity index (χ1) is 7.50. The van der Waals surface area contributed by atoms with Crippen LogP contribution in [0.4, 0.5) is 0 Å². The van der Waals surface area contributed by atoms with Crippen LogP contribution >= 0.6 is 0 Å².